The number of hydrogen-bond acceptors (Lipinski definition) is 5. The quantitative estimate of drug-likeness (QED) is 0.329. The van der Waals surface area contributed by atoms with Gasteiger partial charge in [-0.15, -0.1) is 0 Å². The molecule has 0 aromatic carbocycles. The van der Waals surface area contributed by atoms with E-state index in [2.05, 4.69) is 32.3 Å². The summed E-state index contributed by atoms with van der Waals surface area (Å²) in [6.45, 7) is 14.2. The van der Waals surface area contributed by atoms with Crippen LogP contribution in [0.5, 0.6) is 0 Å². The second kappa shape index (κ2) is 7.37. The van der Waals surface area contributed by atoms with Crippen LogP contribution in [0.3, 0.4) is 0 Å². The third-order valence-electron chi connectivity index (χ3n) is 3.96. The third kappa shape index (κ3) is 5.18. The predicted octanol–water partition coefficient (Wildman–Crippen LogP) is 4.95. The van der Waals surface area contributed by atoms with E-state index in [9.17, 15) is 5.11 Å². The Balaban J connectivity index is 2.72. The second-order valence-corrected chi connectivity index (χ2v) is 11.5. The summed E-state index contributed by atoms with van der Waals surface area (Å²) >= 11 is 0. The Hall–Kier alpha value is -2.20. The molecule has 7 heteroatoms. The van der Waals surface area contributed by atoms with E-state index < -0.39 is 14.3 Å². The minimum atomic E-state index is -2.15. The van der Waals surface area contributed by atoms with Gasteiger partial charge in [-0.05, 0) is 36.3 Å². The number of nitrogens with zero attached hydrogens (tertiary/aromatic N) is 2. The molecule has 0 spiro atoms. The molecular weight excluding hydrogens is 312 g/mol. The van der Waals surface area contributed by atoms with E-state index in [1.54, 1.807) is 18.6 Å². The smallest absolute Gasteiger partial charge is 0.503 e. The van der Waals surface area contributed by atoms with Crippen LogP contribution in [0.15, 0.2) is 47.0 Å². The standard InChI is InChI=1S/C16H24N2O4Si/c1-12(22-23(5,6)16(2,3)4)14(18-17)15(19)21-10-8-13-7-9-20-11-13/h7,9,11H,1,8,10H2,2-6H3/p+1/b15-14+. The molecule has 0 aliphatic rings. The van der Waals surface area contributed by atoms with E-state index in [1.807, 2.05) is 13.1 Å². The maximum atomic E-state index is 9.96. The molecule has 0 unspecified atom stereocenters. The molecule has 1 heterocycles. The highest BCUT2D eigenvalue weighted by Crippen LogP contribution is 2.38. The SMILES string of the molecule is C=C(O[Si](C)(C)C(C)(C)C)/C([N+]#N)=C(/O)OCCc1ccoc1. The van der Waals surface area contributed by atoms with Crippen LogP contribution in [0.1, 0.15) is 26.3 Å². The molecule has 1 aromatic rings. The monoisotopic (exact) mass is 337 g/mol. The first kappa shape index (κ1) is 18.8. The van der Waals surface area contributed by atoms with Crippen LogP contribution in [-0.2, 0) is 15.6 Å². The van der Waals surface area contributed by atoms with Gasteiger partial charge in [-0.1, -0.05) is 20.8 Å². The van der Waals surface area contributed by atoms with Crippen molar-refractivity contribution >= 4 is 8.32 Å². The van der Waals surface area contributed by atoms with E-state index >= 15 is 0 Å². The first-order valence-electron chi connectivity index (χ1n) is 7.39. The zero-order valence-electron chi connectivity index (χ0n) is 14.4. The maximum Gasteiger partial charge on any atom is 0.503 e. The number of rotatable bonds is 7. The van der Waals surface area contributed by atoms with E-state index in [0.29, 0.717) is 6.42 Å². The first-order valence-corrected chi connectivity index (χ1v) is 10.3. The third-order valence-corrected chi connectivity index (χ3v) is 8.33. The Morgan fingerprint density at radius 1 is 1.43 bits per heavy atom. The van der Waals surface area contributed by atoms with Gasteiger partial charge in [-0.2, -0.15) is 0 Å². The van der Waals surface area contributed by atoms with Crippen LogP contribution in [0.2, 0.25) is 18.1 Å². The molecule has 126 valence electrons. The summed E-state index contributed by atoms with van der Waals surface area (Å²) in [6, 6.07) is 1.81. The fraction of sp³-hybridized carbons (Fsp3) is 0.500. The first-order chi connectivity index (χ1) is 10.6. The minimum Gasteiger partial charge on any atom is -0.538 e. The van der Waals surface area contributed by atoms with Gasteiger partial charge in [0.05, 0.1) is 19.1 Å². The zero-order valence-corrected chi connectivity index (χ0v) is 15.4. The van der Waals surface area contributed by atoms with Gasteiger partial charge in [-0.25, -0.2) is 0 Å². The average Bonchev–Trinajstić information content (AvgIpc) is 2.90. The summed E-state index contributed by atoms with van der Waals surface area (Å²) in [7, 11) is -2.15. The number of hydrogen-bond donors (Lipinski definition) is 1. The van der Waals surface area contributed by atoms with Crippen molar-refractivity contribution in [2.75, 3.05) is 6.61 Å². The average molecular weight is 337 g/mol. The number of diazo groups is 1. The second-order valence-electron chi connectivity index (χ2n) is 6.77. The summed E-state index contributed by atoms with van der Waals surface area (Å²) in [6.07, 6.45) is 3.71. The normalized spacial score (nSPS) is 13.0. The van der Waals surface area contributed by atoms with Crippen molar-refractivity contribution < 1.29 is 18.7 Å². The lowest BCUT2D eigenvalue weighted by Crippen LogP contribution is -2.40. The molecule has 23 heavy (non-hydrogen) atoms. The Bertz CT molecular complexity index is 607. The molecule has 1 aromatic heterocycles. The summed E-state index contributed by atoms with van der Waals surface area (Å²) in [5, 5.41) is 19.1. The van der Waals surface area contributed by atoms with Gasteiger partial charge in [0, 0.05) is 6.42 Å². The van der Waals surface area contributed by atoms with Gasteiger partial charge in [0.2, 0.25) is 11.2 Å². The molecular formula is C16H25N2O4Si+. The van der Waals surface area contributed by atoms with Crippen LogP contribution in [0.4, 0.5) is 0 Å². The fourth-order valence-corrected chi connectivity index (χ4v) is 2.51. The fourth-order valence-electron chi connectivity index (χ4n) is 1.50. The van der Waals surface area contributed by atoms with Crippen LogP contribution < -0.4 is 0 Å². The number of ether oxygens (including phenoxy) is 1. The largest absolute Gasteiger partial charge is 0.538 e. The van der Waals surface area contributed by atoms with Crippen molar-refractivity contribution in [2.45, 2.75) is 45.3 Å². The van der Waals surface area contributed by atoms with Crippen molar-refractivity contribution in [3.05, 3.63) is 53.1 Å². The molecule has 0 aliphatic carbocycles. The van der Waals surface area contributed by atoms with E-state index in [1.165, 1.54) is 0 Å². The minimum absolute atomic E-state index is 0.0474. The Kier molecular flexibility index (Phi) is 6.04. The highest BCUT2D eigenvalue weighted by atomic mass is 28.4. The number of furan rings is 1. The van der Waals surface area contributed by atoms with E-state index in [-0.39, 0.29) is 23.1 Å². The Labute approximate surface area is 138 Å². The highest BCUT2D eigenvalue weighted by Gasteiger charge is 2.42. The molecule has 0 saturated heterocycles. The van der Waals surface area contributed by atoms with E-state index in [4.69, 9.17) is 19.0 Å². The highest BCUT2D eigenvalue weighted by molar-refractivity contribution is 6.74. The lowest BCUT2D eigenvalue weighted by atomic mass is 10.2. The molecule has 0 aliphatic heterocycles. The van der Waals surface area contributed by atoms with Gasteiger partial charge in [-0.3, -0.25) is 0 Å². The predicted molar refractivity (Wildman–Crippen MR) is 90.5 cm³/mol. The Morgan fingerprint density at radius 2 is 2.09 bits per heavy atom. The molecule has 1 N–H and O–H groups in total. The molecule has 6 nitrogen and oxygen atoms in total. The van der Waals surface area contributed by atoms with Crippen LogP contribution in [-0.4, -0.2) is 20.0 Å². The number of aliphatic hydroxyl groups is 1. The summed E-state index contributed by atoms with van der Waals surface area (Å²) in [5.74, 6) is -0.417. The topological polar surface area (TPSA) is 80.0 Å². The van der Waals surface area contributed by atoms with E-state index in [0.717, 1.165) is 5.56 Å². The molecule has 0 atom stereocenters. The van der Waals surface area contributed by atoms with Gasteiger partial charge in [0.25, 0.3) is 8.32 Å². The summed E-state index contributed by atoms with van der Waals surface area (Å²) in [4.78, 5) is 3.05. The Morgan fingerprint density at radius 3 is 2.57 bits per heavy atom. The summed E-state index contributed by atoms with van der Waals surface area (Å²) < 4.78 is 16.1. The van der Waals surface area contributed by atoms with Crippen molar-refractivity contribution in [3.8, 4) is 0 Å². The van der Waals surface area contributed by atoms with Crippen molar-refractivity contribution in [2.24, 2.45) is 0 Å². The van der Waals surface area contributed by atoms with Gasteiger partial charge < -0.3 is 18.7 Å². The van der Waals surface area contributed by atoms with Crippen LogP contribution in [0.25, 0.3) is 4.98 Å². The zero-order chi connectivity index (χ0) is 17.7. The van der Waals surface area contributed by atoms with Crippen molar-refractivity contribution in [3.63, 3.8) is 0 Å². The van der Waals surface area contributed by atoms with Gasteiger partial charge in [0.15, 0.2) is 4.98 Å². The van der Waals surface area contributed by atoms with Crippen molar-refractivity contribution in [1.82, 2.24) is 0 Å². The molecule has 0 fully saturated rings. The molecule has 0 amide bonds. The molecule has 0 radical (unpaired) electrons. The number of aliphatic hydroxyl groups excluding tert-OH is 1. The lowest BCUT2D eigenvalue weighted by molar-refractivity contribution is 0.0911. The lowest BCUT2D eigenvalue weighted by Gasteiger charge is -2.35. The molecule has 0 saturated carbocycles. The molecule has 0 bridgehead atoms. The van der Waals surface area contributed by atoms with Crippen molar-refractivity contribution in [1.29, 1.82) is 5.39 Å². The van der Waals surface area contributed by atoms with Crippen LogP contribution in [0, 0.1) is 5.39 Å². The summed E-state index contributed by atoms with van der Waals surface area (Å²) in [5.41, 5.74) is 0.749. The van der Waals surface area contributed by atoms with Gasteiger partial charge >= 0.3 is 11.6 Å². The van der Waals surface area contributed by atoms with Crippen LogP contribution >= 0.6 is 0 Å². The molecule has 1 rings (SSSR count). The van der Waals surface area contributed by atoms with Gasteiger partial charge in [0.1, 0.15) is 0 Å². The maximum absolute atomic E-state index is 9.96.